The summed E-state index contributed by atoms with van der Waals surface area (Å²) in [7, 11) is 0. The molecule has 12 unspecified atom stereocenters. The first-order valence-corrected chi connectivity index (χ1v) is 13.8. The molecule has 5 saturated carbocycles. The summed E-state index contributed by atoms with van der Waals surface area (Å²) in [6, 6.07) is 0. The van der Waals surface area contributed by atoms with Crippen LogP contribution in [0.5, 0.6) is 0 Å². The van der Waals surface area contributed by atoms with Crippen molar-refractivity contribution in [3.05, 3.63) is 12.2 Å². The molecule has 1 spiro atoms. The summed E-state index contributed by atoms with van der Waals surface area (Å²) in [5, 5.41) is 21.4. The molecule has 7 rings (SSSR count). The van der Waals surface area contributed by atoms with E-state index in [9.17, 15) is 15.0 Å². The second kappa shape index (κ2) is 6.14. The molecular weight excluding hydrogens is 428 g/mol. The highest BCUT2D eigenvalue weighted by Crippen LogP contribution is 2.83. The molecule has 7 fully saturated rings. The van der Waals surface area contributed by atoms with Crippen LogP contribution in [0, 0.1) is 44.8 Å². The topological polar surface area (TPSA) is 79.3 Å². The van der Waals surface area contributed by atoms with Gasteiger partial charge < -0.3 is 19.7 Å². The number of esters is 1. The van der Waals surface area contributed by atoms with E-state index in [1.54, 1.807) is 0 Å². The third kappa shape index (κ3) is 2.02. The normalized spacial score (nSPS) is 63.6. The predicted molar refractivity (Wildman–Crippen MR) is 127 cm³/mol. The van der Waals surface area contributed by atoms with Crippen LogP contribution in [0.1, 0.15) is 85.5 Å². The van der Waals surface area contributed by atoms with Gasteiger partial charge in [-0.15, -0.1) is 0 Å². The van der Waals surface area contributed by atoms with Gasteiger partial charge in [0, 0.05) is 16.7 Å². The van der Waals surface area contributed by atoms with Gasteiger partial charge >= 0.3 is 5.97 Å². The largest absolute Gasteiger partial charge is 0.455 e. The van der Waals surface area contributed by atoms with Crippen LogP contribution >= 0.6 is 0 Å². The van der Waals surface area contributed by atoms with Gasteiger partial charge in [-0.25, -0.2) is 0 Å². The van der Waals surface area contributed by atoms with Gasteiger partial charge in [-0.1, -0.05) is 39.8 Å². The summed E-state index contributed by atoms with van der Waals surface area (Å²) >= 11 is 0. The van der Waals surface area contributed by atoms with Crippen molar-refractivity contribution in [3.8, 4) is 0 Å². The lowest BCUT2D eigenvalue weighted by Crippen LogP contribution is -2.74. The van der Waals surface area contributed by atoms with Gasteiger partial charge in [-0.2, -0.15) is 0 Å². The van der Waals surface area contributed by atoms with Crippen molar-refractivity contribution < 1.29 is 24.5 Å². The summed E-state index contributed by atoms with van der Waals surface area (Å²) in [5.41, 5.74) is -0.282. The molecule has 0 radical (unpaired) electrons. The zero-order valence-electron chi connectivity index (χ0n) is 21.4. The maximum Gasteiger partial charge on any atom is 0.313 e. The quantitative estimate of drug-likeness (QED) is 0.337. The molecule has 5 nitrogen and oxygen atoms in total. The van der Waals surface area contributed by atoms with Crippen molar-refractivity contribution in [2.75, 3.05) is 6.61 Å². The molecule has 7 aliphatic rings. The van der Waals surface area contributed by atoms with Crippen LogP contribution in [-0.2, 0) is 14.3 Å². The Bertz CT molecular complexity index is 993. The molecule has 34 heavy (non-hydrogen) atoms. The molecule has 0 aromatic rings. The van der Waals surface area contributed by atoms with Crippen LogP contribution in [0.4, 0.5) is 0 Å². The highest BCUT2D eigenvalue weighted by molar-refractivity contribution is 5.82. The Kier molecular flexibility index (Phi) is 4.03. The smallest absolute Gasteiger partial charge is 0.313 e. The lowest BCUT2D eigenvalue weighted by molar-refractivity contribution is -0.274. The zero-order valence-corrected chi connectivity index (χ0v) is 21.4. The number of aliphatic hydroxyl groups is 2. The maximum atomic E-state index is 13.6. The van der Waals surface area contributed by atoms with Crippen molar-refractivity contribution in [2.45, 2.75) is 109 Å². The van der Waals surface area contributed by atoms with Crippen LogP contribution in [-0.4, -0.2) is 46.7 Å². The number of carbonyl (C=O) groups excluding carboxylic acids is 1. The van der Waals surface area contributed by atoms with Crippen molar-refractivity contribution in [3.63, 3.8) is 0 Å². The van der Waals surface area contributed by atoms with E-state index in [-0.39, 0.29) is 58.3 Å². The van der Waals surface area contributed by atoms with E-state index in [1.807, 2.05) is 0 Å². The first-order chi connectivity index (χ1) is 15.9. The molecule has 5 aliphatic carbocycles. The monoisotopic (exact) mass is 470 g/mol. The fraction of sp³-hybridized carbons (Fsp3) is 0.897. The predicted octanol–water partition coefficient (Wildman–Crippen LogP) is 4.40. The average Bonchev–Trinajstić information content (AvgIpc) is 3.55. The van der Waals surface area contributed by atoms with E-state index >= 15 is 0 Å². The van der Waals surface area contributed by atoms with E-state index in [0.29, 0.717) is 5.92 Å². The van der Waals surface area contributed by atoms with Crippen molar-refractivity contribution in [2.24, 2.45) is 44.8 Å². The van der Waals surface area contributed by atoms with Gasteiger partial charge in [-0.3, -0.25) is 4.79 Å². The van der Waals surface area contributed by atoms with Gasteiger partial charge in [0.05, 0.1) is 24.2 Å². The summed E-state index contributed by atoms with van der Waals surface area (Å²) < 4.78 is 13.4. The highest BCUT2D eigenvalue weighted by Gasteiger charge is 2.88. The highest BCUT2D eigenvalue weighted by atomic mass is 16.6. The third-order valence-electron chi connectivity index (χ3n) is 13.7. The van der Waals surface area contributed by atoms with Crippen molar-refractivity contribution in [1.29, 1.82) is 0 Å². The summed E-state index contributed by atoms with van der Waals surface area (Å²) in [4.78, 5) is 13.6. The number of rotatable bonds is 1. The molecule has 2 heterocycles. The lowest BCUT2D eigenvalue weighted by atomic mass is 9.31. The van der Waals surface area contributed by atoms with E-state index < -0.39 is 17.1 Å². The molecule has 0 aromatic heterocycles. The third-order valence-corrected chi connectivity index (χ3v) is 13.7. The maximum absolute atomic E-state index is 13.6. The van der Waals surface area contributed by atoms with Gasteiger partial charge in [-0.05, 0) is 80.5 Å². The zero-order chi connectivity index (χ0) is 24.1. The van der Waals surface area contributed by atoms with E-state index in [2.05, 4.69) is 34.3 Å². The SMILES string of the molecule is C=C1CCC23CCC4(C)C5(C)CCC6C(C)(CO)C(O)CCC6(C)C5C5OC5C4(OC2=O)C3C1. The van der Waals surface area contributed by atoms with Gasteiger partial charge in [0.1, 0.15) is 6.10 Å². The molecular formula is C29H42O5. The summed E-state index contributed by atoms with van der Waals surface area (Å²) in [5.74, 6) is 0.828. The molecule has 2 saturated heterocycles. The van der Waals surface area contributed by atoms with Crippen LogP contribution in [0.15, 0.2) is 12.2 Å². The van der Waals surface area contributed by atoms with Crippen LogP contribution in [0.25, 0.3) is 0 Å². The number of hydrogen-bond donors (Lipinski definition) is 2. The Balaban J connectivity index is 1.38. The lowest BCUT2D eigenvalue weighted by Gasteiger charge is -2.72. The standard InChI is InChI=1S/C29H42O5/c1-16-6-11-28-13-12-27(5)26(4)10-7-17-24(2,9-8-19(31)25(17,3)15-30)21(26)20-22(33-20)29(27,18(28)14-16)34-23(28)32/h17-22,30-31H,1,6-15H2,2-5H3. The minimum absolute atomic E-state index is 0.0128. The molecule has 2 aliphatic heterocycles. The Morgan fingerprint density at radius 2 is 1.79 bits per heavy atom. The molecule has 12 atom stereocenters. The van der Waals surface area contributed by atoms with E-state index in [0.717, 1.165) is 57.8 Å². The summed E-state index contributed by atoms with van der Waals surface area (Å²) in [6.45, 7) is 13.8. The minimum atomic E-state index is -0.542. The number of aliphatic hydroxyl groups excluding tert-OH is 2. The van der Waals surface area contributed by atoms with Gasteiger partial charge in [0.15, 0.2) is 5.60 Å². The Hall–Kier alpha value is -0.910. The number of fused-ring (bicyclic) bond motifs is 6. The number of ether oxygens (including phenoxy) is 2. The first-order valence-electron chi connectivity index (χ1n) is 13.8. The number of hydrogen-bond acceptors (Lipinski definition) is 5. The van der Waals surface area contributed by atoms with Gasteiger partial charge in [0.2, 0.25) is 0 Å². The van der Waals surface area contributed by atoms with Crippen LogP contribution in [0.3, 0.4) is 0 Å². The van der Waals surface area contributed by atoms with E-state index in [1.165, 1.54) is 5.57 Å². The fourth-order valence-corrected chi connectivity index (χ4v) is 11.8. The summed E-state index contributed by atoms with van der Waals surface area (Å²) in [6.07, 6.45) is 8.00. The number of epoxide rings is 1. The van der Waals surface area contributed by atoms with Crippen LogP contribution in [0.2, 0.25) is 0 Å². The molecule has 2 bridgehead atoms. The van der Waals surface area contributed by atoms with Crippen LogP contribution < -0.4 is 0 Å². The van der Waals surface area contributed by atoms with Gasteiger partial charge in [0.25, 0.3) is 0 Å². The number of allylic oxidation sites excluding steroid dienone is 1. The number of carbonyl (C=O) groups is 1. The van der Waals surface area contributed by atoms with Crippen molar-refractivity contribution >= 4 is 5.97 Å². The Morgan fingerprint density at radius 1 is 1.03 bits per heavy atom. The molecule has 5 heteroatoms. The molecule has 0 aromatic carbocycles. The van der Waals surface area contributed by atoms with E-state index in [4.69, 9.17) is 9.47 Å². The average molecular weight is 471 g/mol. The second-order valence-electron chi connectivity index (χ2n) is 14.4. The molecule has 188 valence electrons. The second-order valence-corrected chi connectivity index (χ2v) is 14.4. The Morgan fingerprint density at radius 3 is 2.53 bits per heavy atom. The molecule has 0 amide bonds. The fourth-order valence-electron chi connectivity index (χ4n) is 11.8. The van der Waals surface area contributed by atoms with Crippen molar-refractivity contribution in [1.82, 2.24) is 0 Å². The first kappa shape index (κ1) is 22.3. The molecule has 2 N–H and O–H groups in total. The Labute approximate surface area is 203 Å². The minimum Gasteiger partial charge on any atom is -0.455 e.